The smallest absolute Gasteiger partial charge is 0.229 e. The number of ether oxygens (including phenoxy) is 2. The van der Waals surface area contributed by atoms with E-state index >= 15 is 0 Å². The highest BCUT2D eigenvalue weighted by molar-refractivity contribution is 8.03. The maximum absolute atomic E-state index is 13.1. The third-order valence-electron chi connectivity index (χ3n) is 5.38. The third-order valence-corrected chi connectivity index (χ3v) is 6.78. The molecule has 0 N–H and O–H groups in total. The lowest BCUT2D eigenvalue weighted by Gasteiger charge is -2.42. The number of rotatable bonds is 5. The number of hydrogen-bond donors (Lipinski definition) is 0. The number of anilines is 1. The number of nitriles is 1. The van der Waals surface area contributed by atoms with Crippen LogP contribution in [0.2, 0.25) is 5.02 Å². The molecule has 1 atom stereocenters. The highest BCUT2D eigenvalue weighted by Gasteiger charge is 2.38. The van der Waals surface area contributed by atoms with Gasteiger partial charge in [0.25, 0.3) is 0 Å². The number of hydrogen-bond acceptors (Lipinski definition) is 6. The first-order valence-corrected chi connectivity index (χ1v) is 11.3. The predicted molar refractivity (Wildman–Crippen MR) is 122 cm³/mol. The van der Waals surface area contributed by atoms with Crippen LogP contribution in [0.15, 0.2) is 53.1 Å². The van der Waals surface area contributed by atoms with E-state index in [9.17, 15) is 10.1 Å². The van der Waals surface area contributed by atoms with Gasteiger partial charge in [0.15, 0.2) is 11.5 Å². The molecule has 0 aliphatic carbocycles. The summed E-state index contributed by atoms with van der Waals surface area (Å²) in [5.41, 5.74) is 2.48. The second-order valence-electron chi connectivity index (χ2n) is 7.18. The van der Waals surface area contributed by atoms with Gasteiger partial charge in [-0.3, -0.25) is 9.69 Å². The average molecular weight is 456 g/mol. The SMILES string of the molecule is CCOc1ccc([C@@H]2CC(=O)N3CN(c4ccc(Cl)cc4)CSC3=C2C#N)cc1OC. The molecule has 0 spiro atoms. The Hall–Kier alpha value is -2.82. The van der Waals surface area contributed by atoms with E-state index in [1.54, 1.807) is 12.0 Å². The first-order chi connectivity index (χ1) is 15.0. The Morgan fingerprint density at radius 2 is 2.00 bits per heavy atom. The van der Waals surface area contributed by atoms with Gasteiger partial charge in [-0.2, -0.15) is 5.26 Å². The molecule has 8 heteroatoms. The quantitative estimate of drug-likeness (QED) is 0.634. The number of carbonyl (C=O) groups excluding carboxylic acids is 1. The maximum atomic E-state index is 13.1. The van der Waals surface area contributed by atoms with Crippen molar-refractivity contribution in [2.45, 2.75) is 19.3 Å². The van der Waals surface area contributed by atoms with Gasteiger partial charge >= 0.3 is 0 Å². The highest BCUT2D eigenvalue weighted by atomic mass is 35.5. The van der Waals surface area contributed by atoms with Gasteiger partial charge < -0.3 is 14.4 Å². The van der Waals surface area contributed by atoms with Crippen LogP contribution in [0.4, 0.5) is 5.69 Å². The van der Waals surface area contributed by atoms with Crippen molar-refractivity contribution < 1.29 is 14.3 Å². The average Bonchev–Trinajstić information content (AvgIpc) is 2.80. The Kier molecular flexibility index (Phi) is 6.30. The molecule has 2 aromatic carbocycles. The van der Waals surface area contributed by atoms with Crippen molar-refractivity contribution in [3.63, 3.8) is 0 Å². The largest absolute Gasteiger partial charge is 0.493 e. The molecule has 2 aromatic rings. The summed E-state index contributed by atoms with van der Waals surface area (Å²) in [6.45, 7) is 2.85. The summed E-state index contributed by atoms with van der Waals surface area (Å²) in [5.74, 6) is 1.59. The molecule has 1 amide bonds. The van der Waals surface area contributed by atoms with Crippen LogP contribution in [-0.2, 0) is 4.79 Å². The Labute approximate surface area is 191 Å². The lowest BCUT2D eigenvalue weighted by molar-refractivity contribution is -0.129. The van der Waals surface area contributed by atoms with Crippen molar-refractivity contribution in [1.82, 2.24) is 4.90 Å². The molecule has 1 fully saturated rings. The van der Waals surface area contributed by atoms with Crippen LogP contribution in [0.3, 0.4) is 0 Å². The molecule has 0 unspecified atom stereocenters. The molecule has 2 heterocycles. The first kappa shape index (κ1) is 21.4. The molecule has 1 saturated heterocycles. The third kappa shape index (κ3) is 4.18. The minimum Gasteiger partial charge on any atom is -0.493 e. The van der Waals surface area contributed by atoms with Crippen molar-refractivity contribution >= 4 is 35.0 Å². The zero-order valence-corrected chi connectivity index (χ0v) is 18.9. The molecule has 0 radical (unpaired) electrons. The molecular formula is C23H22ClN3O3S. The molecule has 6 nitrogen and oxygen atoms in total. The summed E-state index contributed by atoms with van der Waals surface area (Å²) in [4.78, 5) is 16.9. The van der Waals surface area contributed by atoms with Crippen LogP contribution in [0.1, 0.15) is 24.8 Å². The minimum absolute atomic E-state index is 0.00184. The number of allylic oxidation sites excluding steroid dienone is 1. The van der Waals surface area contributed by atoms with E-state index in [0.29, 0.717) is 41.2 Å². The van der Waals surface area contributed by atoms with Gasteiger partial charge in [-0.25, -0.2) is 0 Å². The first-order valence-electron chi connectivity index (χ1n) is 9.94. The molecule has 31 heavy (non-hydrogen) atoms. The van der Waals surface area contributed by atoms with E-state index in [4.69, 9.17) is 21.1 Å². The molecule has 2 aliphatic heterocycles. The van der Waals surface area contributed by atoms with Crippen LogP contribution < -0.4 is 14.4 Å². The van der Waals surface area contributed by atoms with Gasteiger partial charge in [0.05, 0.1) is 42.9 Å². The molecule has 0 aromatic heterocycles. The fourth-order valence-electron chi connectivity index (χ4n) is 3.84. The molecular weight excluding hydrogens is 434 g/mol. The van der Waals surface area contributed by atoms with Crippen molar-refractivity contribution in [2.75, 3.05) is 31.2 Å². The summed E-state index contributed by atoms with van der Waals surface area (Å²) in [7, 11) is 1.58. The lowest BCUT2D eigenvalue weighted by Crippen LogP contribution is -2.47. The minimum atomic E-state index is -0.303. The van der Waals surface area contributed by atoms with E-state index in [0.717, 1.165) is 16.3 Å². The zero-order chi connectivity index (χ0) is 22.0. The number of halogens is 1. The van der Waals surface area contributed by atoms with Crippen molar-refractivity contribution in [2.24, 2.45) is 0 Å². The Bertz CT molecular complexity index is 1060. The standard InChI is InChI=1S/C23H22ClN3O3S/c1-3-30-20-9-4-15(10-21(20)29-2)18-11-22(28)27-13-26(14-31-23(27)19(18)12-25)17-7-5-16(24)6-8-17/h4-10,18H,3,11,13-14H2,1-2H3/t18-/m0/s1. The molecule has 4 rings (SSSR count). The molecule has 0 saturated carbocycles. The maximum Gasteiger partial charge on any atom is 0.229 e. The molecule has 2 aliphatic rings. The second-order valence-corrected chi connectivity index (χ2v) is 8.55. The van der Waals surface area contributed by atoms with E-state index in [1.165, 1.54) is 11.8 Å². The summed E-state index contributed by atoms with van der Waals surface area (Å²) in [6, 6.07) is 15.5. The van der Waals surface area contributed by atoms with Gasteiger partial charge in [0, 0.05) is 23.0 Å². The fourth-order valence-corrected chi connectivity index (χ4v) is 5.13. The number of carbonyl (C=O) groups is 1. The van der Waals surface area contributed by atoms with E-state index in [2.05, 4.69) is 11.0 Å². The van der Waals surface area contributed by atoms with Crippen LogP contribution >= 0.6 is 23.4 Å². The zero-order valence-electron chi connectivity index (χ0n) is 17.3. The summed E-state index contributed by atoms with van der Waals surface area (Å²) < 4.78 is 11.1. The number of benzene rings is 2. The van der Waals surface area contributed by atoms with Crippen LogP contribution in [0.25, 0.3) is 0 Å². The Morgan fingerprint density at radius 1 is 1.23 bits per heavy atom. The van der Waals surface area contributed by atoms with E-state index < -0.39 is 0 Å². The molecule has 160 valence electrons. The van der Waals surface area contributed by atoms with Gasteiger partial charge in [-0.15, -0.1) is 0 Å². The molecule has 0 bridgehead atoms. The van der Waals surface area contributed by atoms with Crippen LogP contribution in [0, 0.1) is 11.3 Å². The fraction of sp³-hybridized carbons (Fsp3) is 0.304. The van der Waals surface area contributed by atoms with Crippen molar-refractivity contribution in [3.05, 3.63) is 63.7 Å². The van der Waals surface area contributed by atoms with Gasteiger partial charge in [-0.1, -0.05) is 29.4 Å². The normalized spacial score (nSPS) is 18.5. The number of thioether (sulfide) groups is 1. The Morgan fingerprint density at radius 3 is 2.68 bits per heavy atom. The highest BCUT2D eigenvalue weighted by Crippen LogP contribution is 2.44. The van der Waals surface area contributed by atoms with Crippen molar-refractivity contribution in [3.8, 4) is 17.6 Å². The number of methoxy groups -OCH3 is 1. The topological polar surface area (TPSA) is 65.8 Å². The predicted octanol–water partition coefficient (Wildman–Crippen LogP) is 4.97. The second kappa shape index (κ2) is 9.13. The van der Waals surface area contributed by atoms with E-state index in [-0.39, 0.29) is 18.2 Å². The van der Waals surface area contributed by atoms with Gasteiger partial charge in [0.2, 0.25) is 5.91 Å². The summed E-state index contributed by atoms with van der Waals surface area (Å²) in [6.07, 6.45) is 0.235. The van der Waals surface area contributed by atoms with Gasteiger partial charge in [0.1, 0.15) is 0 Å². The monoisotopic (exact) mass is 455 g/mol. The lowest BCUT2D eigenvalue weighted by atomic mass is 9.86. The number of fused-ring (bicyclic) bond motifs is 1. The van der Waals surface area contributed by atoms with Crippen molar-refractivity contribution in [1.29, 1.82) is 5.26 Å². The summed E-state index contributed by atoms with van der Waals surface area (Å²) in [5, 5.41) is 11.4. The Balaban J connectivity index is 1.65. The number of nitrogens with zero attached hydrogens (tertiary/aromatic N) is 3. The summed E-state index contributed by atoms with van der Waals surface area (Å²) >= 11 is 7.51. The van der Waals surface area contributed by atoms with Crippen LogP contribution in [-0.4, -0.2) is 37.1 Å². The van der Waals surface area contributed by atoms with Gasteiger partial charge in [-0.05, 0) is 48.9 Å². The van der Waals surface area contributed by atoms with Crippen LogP contribution in [0.5, 0.6) is 11.5 Å². The number of amides is 1. The van der Waals surface area contributed by atoms with E-state index in [1.807, 2.05) is 49.4 Å².